The Morgan fingerprint density at radius 2 is 2.00 bits per heavy atom. The molecule has 1 aliphatic rings. The Hall–Kier alpha value is -2.46. The van der Waals surface area contributed by atoms with E-state index in [0.29, 0.717) is 36.4 Å². The van der Waals surface area contributed by atoms with Gasteiger partial charge in [0.1, 0.15) is 18.5 Å². The molecule has 3 rings (SSSR count). The highest BCUT2D eigenvalue weighted by Gasteiger charge is 2.40. The van der Waals surface area contributed by atoms with Gasteiger partial charge in [0.2, 0.25) is 6.54 Å². The second-order valence-electron chi connectivity index (χ2n) is 6.54. The van der Waals surface area contributed by atoms with Gasteiger partial charge in [0.25, 0.3) is 0 Å². The molecule has 0 aliphatic carbocycles. The largest absolute Gasteiger partial charge is 0.496 e. The van der Waals surface area contributed by atoms with Crippen LogP contribution in [0.2, 0.25) is 0 Å². The predicted octanol–water partition coefficient (Wildman–Crippen LogP) is 1.07. The van der Waals surface area contributed by atoms with E-state index in [-0.39, 0.29) is 6.61 Å². The first-order valence-electron chi connectivity index (χ1n) is 9.05. The first-order chi connectivity index (χ1) is 13.5. The van der Waals surface area contributed by atoms with E-state index >= 15 is 0 Å². The van der Waals surface area contributed by atoms with E-state index in [2.05, 4.69) is 0 Å². The van der Waals surface area contributed by atoms with Crippen LogP contribution >= 0.6 is 0 Å². The number of ether oxygens (including phenoxy) is 2. The lowest BCUT2D eigenvalue weighted by atomic mass is 9.78. The van der Waals surface area contributed by atoms with Crippen LogP contribution in [0.4, 0.5) is 0 Å². The van der Waals surface area contributed by atoms with Crippen LogP contribution in [0.5, 0.6) is 5.75 Å². The Labute approximate surface area is 163 Å². The topological polar surface area (TPSA) is 111 Å². The molecule has 1 heterocycles. The van der Waals surface area contributed by atoms with Crippen molar-refractivity contribution < 1.29 is 29.2 Å². The van der Waals surface area contributed by atoms with E-state index < -0.39 is 30.8 Å². The van der Waals surface area contributed by atoms with Gasteiger partial charge in [-0.25, -0.2) is 0 Å². The number of rotatable bonds is 10. The third kappa shape index (κ3) is 5.29. The van der Waals surface area contributed by atoms with Crippen molar-refractivity contribution in [3.63, 3.8) is 0 Å². The lowest BCUT2D eigenvalue weighted by Gasteiger charge is -2.15. The molecular formula is C19H22BNO7. The molecule has 2 atom stereocenters. The minimum absolute atomic E-state index is 0.0117. The minimum atomic E-state index is -1.29. The molecule has 28 heavy (non-hydrogen) atoms. The number of nitro groups is 1. The molecule has 0 aromatic heterocycles. The van der Waals surface area contributed by atoms with Gasteiger partial charge in [-0.2, -0.15) is 0 Å². The molecule has 0 fully saturated rings. The van der Waals surface area contributed by atoms with E-state index in [1.807, 2.05) is 30.3 Å². The maximum absolute atomic E-state index is 10.8. The van der Waals surface area contributed by atoms with Crippen LogP contribution in [0.1, 0.15) is 23.7 Å². The first-order valence-corrected chi connectivity index (χ1v) is 9.05. The molecule has 0 bridgehead atoms. The van der Waals surface area contributed by atoms with E-state index in [9.17, 15) is 20.2 Å². The summed E-state index contributed by atoms with van der Waals surface area (Å²) in [6.45, 7) is 0.428. The highest BCUT2D eigenvalue weighted by atomic mass is 16.6. The molecule has 0 amide bonds. The Kier molecular flexibility index (Phi) is 6.99. The van der Waals surface area contributed by atoms with Crippen LogP contribution in [0, 0.1) is 10.1 Å². The van der Waals surface area contributed by atoms with Gasteiger partial charge in [0, 0.05) is 23.4 Å². The summed E-state index contributed by atoms with van der Waals surface area (Å²) in [5.41, 5.74) is 1.97. The standard InChI is InChI=1S/C19H22BNO7/c22-15(9-10-26-12-14-5-2-1-3-6-14)13-27-17-8-4-7-16-18(11-21(24)25)28-20(23)19(16)17/h1-8,15,18,22-23H,9-13H2. The predicted molar refractivity (Wildman–Crippen MR) is 102 cm³/mol. The fourth-order valence-electron chi connectivity index (χ4n) is 3.06. The van der Waals surface area contributed by atoms with Crippen molar-refractivity contribution in [2.75, 3.05) is 19.8 Å². The third-order valence-electron chi connectivity index (χ3n) is 4.44. The number of hydrogen-bond acceptors (Lipinski definition) is 7. The van der Waals surface area contributed by atoms with Gasteiger partial charge in [-0.05, 0) is 17.2 Å². The van der Waals surface area contributed by atoms with Crippen molar-refractivity contribution in [3.05, 3.63) is 69.8 Å². The molecule has 1 aliphatic heterocycles. The molecule has 2 aromatic rings. The van der Waals surface area contributed by atoms with Gasteiger partial charge in [-0.3, -0.25) is 10.1 Å². The molecule has 2 N–H and O–H groups in total. The van der Waals surface area contributed by atoms with Crippen LogP contribution in [-0.2, 0) is 16.0 Å². The molecule has 0 spiro atoms. The SMILES string of the molecule is O=[N+]([O-])CC1OB(O)c2c(OCC(O)CCOCc3ccccc3)cccc21. The molecule has 0 saturated heterocycles. The summed E-state index contributed by atoms with van der Waals surface area (Å²) < 4.78 is 16.4. The average Bonchev–Trinajstić information content (AvgIpc) is 3.00. The highest BCUT2D eigenvalue weighted by molar-refractivity contribution is 6.62. The number of hydrogen-bond donors (Lipinski definition) is 2. The lowest BCUT2D eigenvalue weighted by Crippen LogP contribution is -2.31. The average molecular weight is 387 g/mol. The summed E-state index contributed by atoms with van der Waals surface area (Å²) in [6.07, 6.45) is -1.18. The van der Waals surface area contributed by atoms with E-state index in [0.717, 1.165) is 5.56 Å². The Balaban J connectivity index is 1.48. The van der Waals surface area contributed by atoms with Crippen LogP contribution < -0.4 is 10.2 Å². The van der Waals surface area contributed by atoms with Gasteiger partial charge in [0.05, 0.1) is 12.7 Å². The Morgan fingerprint density at radius 1 is 1.21 bits per heavy atom. The minimum Gasteiger partial charge on any atom is -0.491 e. The summed E-state index contributed by atoms with van der Waals surface area (Å²) in [4.78, 5) is 10.3. The van der Waals surface area contributed by atoms with Gasteiger partial charge < -0.3 is 24.3 Å². The summed E-state index contributed by atoms with van der Waals surface area (Å²) in [5, 5.41) is 30.9. The van der Waals surface area contributed by atoms with Crippen LogP contribution in [-0.4, -0.2) is 48.0 Å². The summed E-state index contributed by atoms with van der Waals surface area (Å²) >= 11 is 0. The maximum Gasteiger partial charge on any atom is 0.496 e. The number of aliphatic hydroxyl groups excluding tert-OH is 1. The Morgan fingerprint density at radius 3 is 2.75 bits per heavy atom. The van der Waals surface area contributed by atoms with Crippen molar-refractivity contribution in [1.82, 2.24) is 0 Å². The Bertz CT molecular complexity index is 789. The van der Waals surface area contributed by atoms with Crippen molar-refractivity contribution in [1.29, 1.82) is 0 Å². The van der Waals surface area contributed by atoms with Gasteiger partial charge in [-0.1, -0.05) is 42.5 Å². The molecular weight excluding hydrogens is 365 g/mol. The van der Waals surface area contributed by atoms with Crippen molar-refractivity contribution >= 4 is 12.6 Å². The summed E-state index contributed by atoms with van der Waals surface area (Å²) in [6, 6.07) is 14.7. The molecule has 9 heteroatoms. The first kappa shape index (κ1) is 20.3. The number of aliphatic hydroxyl groups is 1. The van der Waals surface area contributed by atoms with Crippen molar-refractivity contribution in [2.24, 2.45) is 0 Å². The van der Waals surface area contributed by atoms with Crippen molar-refractivity contribution in [3.8, 4) is 5.75 Å². The van der Waals surface area contributed by atoms with Crippen molar-refractivity contribution in [2.45, 2.75) is 25.2 Å². The monoisotopic (exact) mass is 387 g/mol. The smallest absolute Gasteiger partial charge is 0.491 e. The number of fused-ring (bicyclic) bond motifs is 1. The third-order valence-corrected chi connectivity index (χ3v) is 4.44. The van der Waals surface area contributed by atoms with Crippen LogP contribution in [0.25, 0.3) is 0 Å². The number of benzene rings is 2. The van der Waals surface area contributed by atoms with Gasteiger partial charge in [-0.15, -0.1) is 0 Å². The maximum atomic E-state index is 10.8. The fourth-order valence-corrected chi connectivity index (χ4v) is 3.06. The second-order valence-corrected chi connectivity index (χ2v) is 6.54. The normalized spacial score (nSPS) is 16.6. The fraction of sp³-hybridized carbons (Fsp3) is 0.368. The molecule has 2 aromatic carbocycles. The highest BCUT2D eigenvalue weighted by Crippen LogP contribution is 2.27. The van der Waals surface area contributed by atoms with Crippen LogP contribution in [0.15, 0.2) is 48.5 Å². The van der Waals surface area contributed by atoms with Gasteiger partial charge >= 0.3 is 7.12 Å². The summed E-state index contributed by atoms with van der Waals surface area (Å²) in [7, 11) is -1.29. The second kappa shape index (κ2) is 9.65. The molecule has 2 unspecified atom stereocenters. The molecule has 8 nitrogen and oxygen atoms in total. The van der Waals surface area contributed by atoms with Crippen LogP contribution in [0.3, 0.4) is 0 Å². The van der Waals surface area contributed by atoms with E-state index in [1.165, 1.54) is 0 Å². The lowest BCUT2D eigenvalue weighted by molar-refractivity contribution is -0.490. The zero-order chi connectivity index (χ0) is 19.9. The van der Waals surface area contributed by atoms with E-state index in [4.69, 9.17) is 14.1 Å². The summed E-state index contributed by atoms with van der Waals surface area (Å²) in [5.74, 6) is 0.347. The van der Waals surface area contributed by atoms with E-state index in [1.54, 1.807) is 18.2 Å². The molecule has 0 saturated carbocycles. The molecule has 0 radical (unpaired) electrons. The zero-order valence-electron chi connectivity index (χ0n) is 15.3. The quantitative estimate of drug-likeness (QED) is 0.272. The molecule has 148 valence electrons. The van der Waals surface area contributed by atoms with Gasteiger partial charge in [0.15, 0.2) is 0 Å². The number of nitrogens with zero attached hydrogens (tertiary/aromatic N) is 1. The zero-order valence-corrected chi connectivity index (χ0v) is 15.3.